The highest BCUT2D eigenvalue weighted by Crippen LogP contribution is 2.38. The molecular weight excluding hydrogens is 355 g/mol. The fourth-order valence-corrected chi connectivity index (χ4v) is 3.68. The zero-order valence-electron chi connectivity index (χ0n) is 9.62. The Morgan fingerprint density at radius 2 is 2.00 bits per heavy atom. The molecule has 5 heteroatoms. The third-order valence-corrected chi connectivity index (χ3v) is 5.65. The van der Waals surface area contributed by atoms with Gasteiger partial charge in [-0.1, -0.05) is 23.7 Å². The topological polar surface area (TPSA) is 9.23 Å². The Bertz CT molecular complexity index is 505. The molecule has 1 nitrogen and oxygen atoms in total. The predicted octanol–water partition coefficient (Wildman–Crippen LogP) is 5.70. The first-order valence-corrected chi connectivity index (χ1v) is 7.74. The van der Waals surface area contributed by atoms with Crippen molar-refractivity contribution in [2.24, 2.45) is 0 Å². The van der Waals surface area contributed by atoms with Crippen LogP contribution >= 0.6 is 50.5 Å². The van der Waals surface area contributed by atoms with Crippen LogP contribution in [-0.4, -0.2) is 7.11 Å². The summed E-state index contributed by atoms with van der Waals surface area (Å²) in [5.41, 5.74) is 1.18. The lowest BCUT2D eigenvalue weighted by atomic mass is 10.1. The average molecular weight is 366 g/mol. The van der Waals surface area contributed by atoms with Crippen LogP contribution in [0.25, 0.3) is 0 Å². The van der Waals surface area contributed by atoms with E-state index in [1.54, 1.807) is 7.11 Å². The van der Waals surface area contributed by atoms with Gasteiger partial charge in [-0.15, -0.1) is 22.9 Å². The number of thiophene rings is 1. The van der Waals surface area contributed by atoms with Crippen molar-refractivity contribution in [1.82, 2.24) is 0 Å². The van der Waals surface area contributed by atoms with Crippen LogP contribution in [-0.2, 0) is 6.42 Å². The van der Waals surface area contributed by atoms with Crippen LogP contribution in [0.3, 0.4) is 0 Å². The molecule has 2 aromatic rings. The fourth-order valence-electron chi connectivity index (χ4n) is 1.59. The molecule has 0 N–H and O–H groups in total. The van der Waals surface area contributed by atoms with Crippen molar-refractivity contribution in [3.8, 4) is 5.75 Å². The van der Waals surface area contributed by atoms with Crippen molar-refractivity contribution in [2.45, 2.75) is 11.8 Å². The Hall–Kier alpha value is -0.220. The number of alkyl halides is 1. The maximum Gasteiger partial charge on any atom is 0.118 e. The molecule has 0 fully saturated rings. The zero-order valence-corrected chi connectivity index (χ0v) is 13.5. The summed E-state index contributed by atoms with van der Waals surface area (Å²) in [6.07, 6.45) is 0.773. The van der Waals surface area contributed by atoms with Gasteiger partial charge >= 0.3 is 0 Å². The van der Waals surface area contributed by atoms with E-state index >= 15 is 0 Å². The summed E-state index contributed by atoms with van der Waals surface area (Å²) < 4.78 is 6.77. The molecule has 1 atom stereocenters. The van der Waals surface area contributed by atoms with Gasteiger partial charge in [0.1, 0.15) is 10.1 Å². The lowest BCUT2D eigenvalue weighted by Gasteiger charge is -2.08. The molecule has 18 heavy (non-hydrogen) atoms. The first kappa shape index (κ1) is 14.2. The molecule has 1 heterocycles. The Balaban J connectivity index is 2.08. The number of hydrogen-bond acceptors (Lipinski definition) is 2. The van der Waals surface area contributed by atoms with E-state index in [0.29, 0.717) is 0 Å². The highest BCUT2D eigenvalue weighted by atomic mass is 79.9. The van der Waals surface area contributed by atoms with Crippen molar-refractivity contribution < 1.29 is 4.74 Å². The molecule has 0 saturated heterocycles. The van der Waals surface area contributed by atoms with Gasteiger partial charge < -0.3 is 4.74 Å². The van der Waals surface area contributed by atoms with E-state index in [4.69, 9.17) is 27.9 Å². The van der Waals surface area contributed by atoms with Crippen molar-refractivity contribution in [2.75, 3.05) is 7.11 Å². The smallest absolute Gasteiger partial charge is 0.118 e. The lowest BCUT2D eigenvalue weighted by Crippen LogP contribution is -1.93. The predicted molar refractivity (Wildman–Crippen MR) is 82.3 cm³/mol. The minimum Gasteiger partial charge on any atom is -0.497 e. The zero-order chi connectivity index (χ0) is 13.1. The van der Waals surface area contributed by atoms with Gasteiger partial charge in [-0.2, -0.15) is 0 Å². The van der Waals surface area contributed by atoms with Crippen LogP contribution in [0.15, 0.2) is 34.8 Å². The number of benzene rings is 1. The first-order chi connectivity index (χ1) is 8.60. The van der Waals surface area contributed by atoms with E-state index < -0.39 is 0 Å². The van der Waals surface area contributed by atoms with Gasteiger partial charge in [-0.05, 0) is 46.1 Å². The van der Waals surface area contributed by atoms with E-state index in [1.165, 1.54) is 16.9 Å². The van der Waals surface area contributed by atoms with E-state index in [1.807, 2.05) is 30.3 Å². The first-order valence-electron chi connectivity index (χ1n) is 5.32. The molecule has 0 aliphatic rings. The highest BCUT2D eigenvalue weighted by molar-refractivity contribution is 9.10. The summed E-state index contributed by atoms with van der Waals surface area (Å²) in [7, 11) is 1.66. The van der Waals surface area contributed by atoms with Gasteiger partial charge in [0.2, 0.25) is 0 Å². The van der Waals surface area contributed by atoms with Gasteiger partial charge in [0.05, 0.1) is 12.5 Å². The minimum atomic E-state index is -0.0628. The second-order valence-corrected chi connectivity index (χ2v) is 6.86. The minimum absolute atomic E-state index is 0.0628. The standard InChI is InChI=1S/C13H11BrCl2OS/c1-17-9-4-2-8(3-5-9)6-11(15)12-7-10(14)13(16)18-12/h2-5,7,11H,6H2,1H3. The Labute approximate surface area is 129 Å². The summed E-state index contributed by atoms with van der Waals surface area (Å²) >= 11 is 17.3. The van der Waals surface area contributed by atoms with E-state index in [9.17, 15) is 0 Å². The lowest BCUT2D eigenvalue weighted by molar-refractivity contribution is 0.414. The van der Waals surface area contributed by atoms with Gasteiger partial charge in [-0.25, -0.2) is 0 Å². The van der Waals surface area contributed by atoms with Gasteiger partial charge in [0, 0.05) is 9.35 Å². The third kappa shape index (κ3) is 3.41. The molecule has 0 amide bonds. The Kier molecular flexibility index (Phi) is 4.96. The molecule has 1 aromatic heterocycles. The summed E-state index contributed by atoms with van der Waals surface area (Å²) in [5.74, 6) is 0.854. The van der Waals surface area contributed by atoms with Crippen molar-refractivity contribution in [3.05, 3.63) is 49.6 Å². The molecule has 0 spiro atoms. The molecule has 0 aliphatic carbocycles. The SMILES string of the molecule is COc1ccc(CC(Cl)c2cc(Br)c(Cl)s2)cc1. The van der Waals surface area contributed by atoms with Crippen molar-refractivity contribution >= 4 is 50.5 Å². The maximum absolute atomic E-state index is 6.40. The van der Waals surface area contributed by atoms with E-state index in [2.05, 4.69) is 15.9 Å². The normalized spacial score (nSPS) is 12.4. The summed E-state index contributed by atoms with van der Waals surface area (Å²) in [6, 6.07) is 9.91. The number of hydrogen-bond donors (Lipinski definition) is 0. The third-order valence-electron chi connectivity index (χ3n) is 2.55. The van der Waals surface area contributed by atoms with Crippen LogP contribution in [0.4, 0.5) is 0 Å². The molecule has 0 saturated carbocycles. The van der Waals surface area contributed by atoms with Crippen LogP contribution in [0.1, 0.15) is 15.8 Å². The molecule has 0 aliphatic heterocycles. The van der Waals surface area contributed by atoms with Crippen molar-refractivity contribution in [3.63, 3.8) is 0 Å². The molecule has 1 aromatic carbocycles. The molecule has 1 unspecified atom stereocenters. The van der Waals surface area contributed by atoms with Gasteiger partial charge in [0.15, 0.2) is 0 Å². The number of halogens is 3. The van der Waals surface area contributed by atoms with Crippen LogP contribution < -0.4 is 4.74 Å². The molecular formula is C13H11BrCl2OS. The largest absolute Gasteiger partial charge is 0.497 e. The quantitative estimate of drug-likeness (QED) is 0.632. The van der Waals surface area contributed by atoms with Crippen LogP contribution in [0, 0.1) is 0 Å². The van der Waals surface area contributed by atoms with Crippen molar-refractivity contribution in [1.29, 1.82) is 0 Å². The second-order valence-electron chi connectivity index (χ2n) is 3.79. The second kappa shape index (κ2) is 6.29. The molecule has 0 bridgehead atoms. The van der Waals surface area contributed by atoms with Gasteiger partial charge in [-0.3, -0.25) is 0 Å². The number of methoxy groups -OCH3 is 1. The molecule has 2 rings (SSSR count). The monoisotopic (exact) mass is 364 g/mol. The average Bonchev–Trinajstić information content (AvgIpc) is 2.71. The highest BCUT2D eigenvalue weighted by Gasteiger charge is 2.14. The summed E-state index contributed by atoms with van der Waals surface area (Å²) in [6.45, 7) is 0. The number of ether oxygens (including phenoxy) is 1. The maximum atomic E-state index is 6.40. The van der Waals surface area contributed by atoms with E-state index in [0.717, 1.165) is 25.9 Å². The Morgan fingerprint density at radius 1 is 1.33 bits per heavy atom. The summed E-state index contributed by atoms with van der Waals surface area (Å²) in [5, 5.41) is -0.0628. The Morgan fingerprint density at radius 3 is 2.50 bits per heavy atom. The van der Waals surface area contributed by atoms with Crippen LogP contribution in [0.5, 0.6) is 5.75 Å². The number of rotatable bonds is 4. The molecule has 0 radical (unpaired) electrons. The van der Waals surface area contributed by atoms with Crippen LogP contribution in [0.2, 0.25) is 4.34 Å². The summed E-state index contributed by atoms with van der Waals surface area (Å²) in [4.78, 5) is 1.07. The van der Waals surface area contributed by atoms with Gasteiger partial charge in [0.25, 0.3) is 0 Å². The molecule has 96 valence electrons. The van der Waals surface area contributed by atoms with E-state index in [-0.39, 0.29) is 5.38 Å². The fraction of sp³-hybridized carbons (Fsp3) is 0.231.